The number of aromatic nitrogens is 3. The first-order valence-electron chi connectivity index (χ1n) is 8.49. The third-order valence-corrected chi connectivity index (χ3v) is 4.99. The van der Waals surface area contributed by atoms with Gasteiger partial charge in [0.15, 0.2) is 5.13 Å². The highest BCUT2D eigenvalue weighted by Gasteiger charge is 2.15. The van der Waals surface area contributed by atoms with Gasteiger partial charge in [-0.1, -0.05) is 0 Å². The van der Waals surface area contributed by atoms with Crippen molar-refractivity contribution in [2.45, 2.75) is 34.1 Å². The topological polar surface area (TPSA) is 79.9 Å². The molecule has 7 heteroatoms. The van der Waals surface area contributed by atoms with Crippen molar-refractivity contribution < 1.29 is 9.53 Å². The third kappa shape index (κ3) is 3.94. The van der Waals surface area contributed by atoms with Crippen molar-refractivity contribution in [1.29, 1.82) is 0 Å². The van der Waals surface area contributed by atoms with E-state index in [1.54, 1.807) is 0 Å². The fraction of sp³-hybridized carbons (Fsp3) is 0.316. The van der Waals surface area contributed by atoms with Gasteiger partial charge in [-0.25, -0.2) is 4.98 Å². The number of nitrogens with zero attached hydrogens (tertiary/aromatic N) is 2. The molecule has 1 amide bonds. The van der Waals surface area contributed by atoms with Gasteiger partial charge in [0, 0.05) is 21.7 Å². The summed E-state index contributed by atoms with van der Waals surface area (Å²) in [5.41, 5.74) is 4.59. The Labute approximate surface area is 156 Å². The zero-order valence-electron chi connectivity index (χ0n) is 15.3. The molecule has 0 aliphatic heterocycles. The molecule has 2 heterocycles. The van der Waals surface area contributed by atoms with E-state index in [1.807, 2.05) is 52.0 Å². The van der Waals surface area contributed by atoms with Crippen LogP contribution in [0.3, 0.4) is 0 Å². The predicted molar refractivity (Wildman–Crippen MR) is 104 cm³/mol. The lowest BCUT2D eigenvalue weighted by Gasteiger charge is -2.04. The standard InChI is InChI=1S/C19H22N4O2S/c1-5-25-15-8-6-14(7-9-15)18-13(4)26-19(21-18)20-17(24)10-16-11(2)22-23-12(16)3/h6-9H,5,10H2,1-4H3,(H,22,23)(H,20,21,24). The molecule has 6 nitrogen and oxygen atoms in total. The molecule has 2 N–H and O–H groups in total. The maximum absolute atomic E-state index is 12.4. The molecule has 2 aromatic heterocycles. The molecule has 0 bridgehead atoms. The van der Waals surface area contributed by atoms with Crippen LogP contribution in [0.1, 0.15) is 28.8 Å². The number of aromatic amines is 1. The van der Waals surface area contributed by atoms with E-state index < -0.39 is 0 Å². The molecular formula is C19H22N4O2S. The molecule has 0 aliphatic rings. The minimum Gasteiger partial charge on any atom is -0.494 e. The largest absolute Gasteiger partial charge is 0.494 e. The highest BCUT2D eigenvalue weighted by atomic mass is 32.1. The SMILES string of the molecule is CCOc1ccc(-c2nc(NC(=O)Cc3c(C)n[nH]c3C)sc2C)cc1. The van der Waals surface area contributed by atoms with Gasteiger partial charge in [0.25, 0.3) is 0 Å². The van der Waals surface area contributed by atoms with Gasteiger partial charge in [-0.05, 0) is 52.0 Å². The number of anilines is 1. The molecule has 0 atom stereocenters. The summed E-state index contributed by atoms with van der Waals surface area (Å²) in [6, 6.07) is 7.83. The number of nitrogens with one attached hydrogen (secondary N) is 2. The zero-order chi connectivity index (χ0) is 18.7. The summed E-state index contributed by atoms with van der Waals surface area (Å²) in [6.07, 6.45) is 0.283. The van der Waals surface area contributed by atoms with Crippen molar-refractivity contribution in [2.75, 3.05) is 11.9 Å². The molecule has 3 aromatic rings. The summed E-state index contributed by atoms with van der Waals surface area (Å²) in [7, 11) is 0. The maximum atomic E-state index is 12.4. The minimum atomic E-state index is -0.0930. The Morgan fingerprint density at radius 1 is 1.23 bits per heavy atom. The van der Waals surface area contributed by atoms with E-state index in [2.05, 4.69) is 20.5 Å². The summed E-state index contributed by atoms with van der Waals surface area (Å²) in [5, 5.41) is 10.5. The van der Waals surface area contributed by atoms with Gasteiger partial charge in [-0.15, -0.1) is 11.3 Å². The first-order chi connectivity index (χ1) is 12.5. The fourth-order valence-corrected chi connectivity index (χ4v) is 3.60. The van der Waals surface area contributed by atoms with Crippen LogP contribution in [0.4, 0.5) is 5.13 Å². The van der Waals surface area contributed by atoms with Crippen LogP contribution in [0, 0.1) is 20.8 Å². The van der Waals surface area contributed by atoms with E-state index in [0.29, 0.717) is 11.7 Å². The molecule has 0 radical (unpaired) electrons. The van der Waals surface area contributed by atoms with Crippen molar-refractivity contribution in [2.24, 2.45) is 0 Å². The zero-order valence-corrected chi connectivity index (χ0v) is 16.2. The molecule has 3 rings (SSSR count). The number of hydrogen-bond acceptors (Lipinski definition) is 5. The van der Waals surface area contributed by atoms with Crippen LogP contribution in [-0.2, 0) is 11.2 Å². The molecule has 0 aliphatic carbocycles. The number of rotatable bonds is 6. The fourth-order valence-electron chi connectivity index (χ4n) is 2.75. The number of ether oxygens (including phenoxy) is 1. The Hall–Kier alpha value is -2.67. The third-order valence-electron chi connectivity index (χ3n) is 4.10. The lowest BCUT2D eigenvalue weighted by atomic mass is 10.1. The van der Waals surface area contributed by atoms with Gasteiger partial charge in [0.1, 0.15) is 5.75 Å². The van der Waals surface area contributed by atoms with Crippen LogP contribution >= 0.6 is 11.3 Å². The number of thiazole rings is 1. The number of amides is 1. The number of aryl methyl sites for hydroxylation is 3. The molecule has 0 unspecified atom stereocenters. The Balaban J connectivity index is 1.72. The number of benzene rings is 1. The average molecular weight is 370 g/mol. The molecule has 26 heavy (non-hydrogen) atoms. The molecule has 1 aromatic carbocycles. The predicted octanol–water partition coefficient (Wildman–Crippen LogP) is 4.04. The molecule has 0 saturated heterocycles. The summed E-state index contributed by atoms with van der Waals surface area (Å²) in [6.45, 7) is 8.41. The Kier molecular flexibility index (Phi) is 5.37. The Morgan fingerprint density at radius 2 is 1.96 bits per heavy atom. The summed E-state index contributed by atoms with van der Waals surface area (Å²) in [4.78, 5) is 18.0. The van der Waals surface area contributed by atoms with Crippen molar-refractivity contribution in [1.82, 2.24) is 15.2 Å². The lowest BCUT2D eigenvalue weighted by Crippen LogP contribution is -2.15. The van der Waals surface area contributed by atoms with Crippen molar-refractivity contribution in [3.8, 4) is 17.0 Å². The quantitative estimate of drug-likeness (QED) is 0.686. The number of carbonyl (C=O) groups excluding carboxylic acids is 1. The van der Waals surface area contributed by atoms with Gasteiger partial charge in [0.2, 0.25) is 5.91 Å². The molecule has 0 fully saturated rings. The molecule has 136 valence electrons. The van der Waals surface area contributed by atoms with Gasteiger partial charge in [-0.2, -0.15) is 5.10 Å². The maximum Gasteiger partial charge on any atom is 0.230 e. The van der Waals surface area contributed by atoms with Crippen LogP contribution in [0.5, 0.6) is 5.75 Å². The summed E-state index contributed by atoms with van der Waals surface area (Å²) < 4.78 is 5.47. The van der Waals surface area contributed by atoms with Crippen molar-refractivity contribution in [3.63, 3.8) is 0 Å². The van der Waals surface area contributed by atoms with Crippen LogP contribution < -0.4 is 10.1 Å². The molecule has 0 saturated carbocycles. The van der Waals surface area contributed by atoms with Crippen LogP contribution in [-0.4, -0.2) is 27.7 Å². The lowest BCUT2D eigenvalue weighted by molar-refractivity contribution is -0.115. The van der Waals surface area contributed by atoms with E-state index in [0.717, 1.165) is 38.8 Å². The summed E-state index contributed by atoms with van der Waals surface area (Å²) in [5.74, 6) is 0.744. The van der Waals surface area contributed by atoms with E-state index >= 15 is 0 Å². The van der Waals surface area contributed by atoms with Crippen LogP contribution in [0.15, 0.2) is 24.3 Å². The molecular weight excluding hydrogens is 348 g/mol. The van der Waals surface area contributed by atoms with Crippen LogP contribution in [0.2, 0.25) is 0 Å². The van der Waals surface area contributed by atoms with E-state index in [4.69, 9.17) is 4.74 Å². The second-order valence-corrected chi connectivity index (χ2v) is 7.22. The monoisotopic (exact) mass is 370 g/mol. The van der Waals surface area contributed by atoms with E-state index in [1.165, 1.54) is 11.3 Å². The van der Waals surface area contributed by atoms with E-state index in [-0.39, 0.29) is 12.3 Å². The van der Waals surface area contributed by atoms with Gasteiger partial charge in [-0.3, -0.25) is 9.89 Å². The second-order valence-electron chi connectivity index (χ2n) is 6.02. The number of carbonyl (C=O) groups is 1. The van der Waals surface area contributed by atoms with Crippen molar-refractivity contribution >= 4 is 22.4 Å². The molecule has 0 spiro atoms. The normalized spacial score (nSPS) is 10.8. The highest BCUT2D eigenvalue weighted by Crippen LogP contribution is 2.31. The first kappa shape index (κ1) is 18.1. The highest BCUT2D eigenvalue weighted by molar-refractivity contribution is 7.16. The van der Waals surface area contributed by atoms with Gasteiger partial charge in [0.05, 0.1) is 24.4 Å². The Bertz CT molecular complexity index is 893. The van der Waals surface area contributed by atoms with Crippen LogP contribution in [0.25, 0.3) is 11.3 Å². The second kappa shape index (κ2) is 7.70. The Morgan fingerprint density at radius 3 is 2.58 bits per heavy atom. The smallest absolute Gasteiger partial charge is 0.230 e. The minimum absolute atomic E-state index is 0.0930. The first-order valence-corrected chi connectivity index (χ1v) is 9.30. The average Bonchev–Trinajstić information content (AvgIpc) is 3.12. The number of H-pyrrole nitrogens is 1. The van der Waals surface area contributed by atoms with Crippen molar-refractivity contribution in [3.05, 3.63) is 46.1 Å². The van der Waals surface area contributed by atoms with Gasteiger partial charge < -0.3 is 10.1 Å². The summed E-state index contributed by atoms with van der Waals surface area (Å²) >= 11 is 1.48. The van der Waals surface area contributed by atoms with E-state index in [9.17, 15) is 4.79 Å². The number of hydrogen-bond donors (Lipinski definition) is 2. The van der Waals surface area contributed by atoms with Gasteiger partial charge >= 0.3 is 0 Å².